The molecule has 0 amide bonds. The molecule has 1 aromatic rings. The largest absolute Gasteiger partial charge is 0.573 e. The molecule has 3 nitrogen and oxygen atoms in total. The summed E-state index contributed by atoms with van der Waals surface area (Å²) >= 11 is 0. The van der Waals surface area contributed by atoms with E-state index in [1.807, 2.05) is 20.2 Å². The van der Waals surface area contributed by atoms with Crippen LogP contribution in [0.3, 0.4) is 0 Å². The molecule has 120 valence electrons. The predicted molar refractivity (Wildman–Crippen MR) is 77.3 cm³/mol. The second kappa shape index (κ2) is 8.24. The van der Waals surface area contributed by atoms with E-state index in [1.165, 1.54) is 12.1 Å². The average Bonchev–Trinajstić information content (AvgIpc) is 2.37. The second-order valence-corrected chi connectivity index (χ2v) is 5.22. The first-order chi connectivity index (χ1) is 9.81. The molecular weight excluding hydrogens is 281 g/mol. The van der Waals surface area contributed by atoms with Gasteiger partial charge in [-0.25, -0.2) is 0 Å². The maximum Gasteiger partial charge on any atom is 0.573 e. The molecule has 0 heterocycles. The number of alkyl halides is 3. The normalized spacial score (nSPS) is 13.5. The van der Waals surface area contributed by atoms with Gasteiger partial charge in [-0.15, -0.1) is 13.2 Å². The van der Waals surface area contributed by atoms with Gasteiger partial charge in [0.25, 0.3) is 0 Å². The Balaban J connectivity index is 2.82. The summed E-state index contributed by atoms with van der Waals surface area (Å²) in [6, 6.07) is 6.21. The molecule has 1 rings (SSSR count). The van der Waals surface area contributed by atoms with E-state index >= 15 is 0 Å². The van der Waals surface area contributed by atoms with Gasteiger partial charge in [-0.05, 0) is 57.7 Å². The van der Waals surface area contributed by atoms with E-state index in [2.05, 4.69) is 21.9 Å². The Morgan fingerprint density at radius 2 is 2.00 bits per heavy atom. The van der Waals surface area contributed by atoms with E-state index in [4.69, 9.17) is 0 Å². The summed E-state index contributed by atoms with van der Waals surface area (Å²) in [6.45, 7) is 3.73. The van der Waals surface area contributed by atoms with Crippen LogP contribution in [0.25, 0.3) is 0 Å². The lowest BCUT2D eigenvalue weighted by atomic mass is 10.0. The van der Waals surface area contributed by atoms with Crippen LogP contribution in [0.1, 0.15) is 31.4 Å². The Kier molecular flexibility index (Phi) is 6.98. The first-order valence-electron chi connectivity index (χ1n) is 7.05. The van der Waals surface area contributed by atoms with Gasteiger partial charge in [-0.1, -0.05) is 19.1 Å². The fourth-order valence-electron chi connectivity index (χ4n) is 2.02. The summed E-state index contributed by atoms with van der Waals surface area (Å²) in [5.41, 5.74) is 0.812. The van der Waals surface area contributed by atoms with Crippen molar-refractivity contribution in [3.8, 4) is 5.75 Å². The molecule has 0 spiro atoms. The maximum atomic E-state index is 12.3. The number of benzene rings is 1. The quantitative estimate of drug-likeness (QED) is 0.794. The summed E-state index contributed by atoms with van der Waals surface area (Å²) in [6.07, 6.45) is -2.87. The molecule has 0 bridgehead atoms. The van der Waals surface area contributed by atoms with Crippen molar-refractivity contribution in [2.75, 3.05) is 27.2 Å². The molecule has 0 aliphatic carbocycles. The number of nitrogens with zero attached hydrogens (tertiary/aromatic N) is 1. The summed E-state index contributed by atoms with van der Waals surface area (Å²) in [4.78, 5) is 2.05. The highest BCUT2D eigenvalue weighted by atomic mass is 19.4. The van der Waals surface area contributed by atoms with Crippen LogP contribution in [-0.4, -0.2) is 38.4 Å². The lowest BCUT2D eigenvalue weighted by Gasteiger charge is -2.22. The minimum absolute atomic E-state index is 0.0177. The van der Waals surface area contributed by atoms with Crippen LogP contribution in [0, 0.1) is 0 Å². The van der Waals surface area contributed by atoms with Gasteiger partial charge in [0, 0.05) is 6.04 Å². The molecule has 0 saturated carbocycles. The van der Waals surface area contributed by atoms with E-state index in [0.29, 0.717) is 0 Å². The predicted octanol–water partition coefficient (Wildman–Crippen LogP) is 3.58. The highest BCUT2D eigenvalue weighted by molar-refractivity contribution is 5.30. The molecule has 21 heavy (non-hydrogen) atoms. The standard InChI is InChI=1S/C15H23F3N2O/c1-4-9-19-14(8-10-20(2)3)12-6-5-7-13(11-12)21-15(16,17)18/h5-7,11,14,19H,4,8-10H2,1-3H3. The average molecular weight is 304 g/mol. The molecule has 1 aromatic carbocycles. The Morgan fingerprint density at radius 3 is 2.57 bits per heavy atom. The van der Waals surface area contributed by atoms with Crippen LogP contribution < -0.4 is 10.1 Å². The third-order valence-corrected chi connectivity index (χ3v) is 3.00. The van der Waals surface area contributed by atoms with Crippen molar-refractivity contribution in [3.63, 3.8) is 0 Å². The number of halogens is 3. The summed E-state index contributed by atoms with van der Waals surface area (Å²) in [7, 11) is 3.94. The van der Waals surface area contributed by atoms with Gasteiger partial charge in [0.05, 0.1) is 0 Å². The van der Waals surface area contributed by atoms with Crippen LogP contribution >= 0.6 is 0 Å². The van der Waals surface area contributed by atoms with Gasteiger partial charge in [0.2, 0.25) is 0 Å². The van der Waals surface area contributed by atoms with Crippen molar-refractivity contribution in [2.45, 2.75) is 32.2 Å². The van der Waals surface area contributed by atoms with Crippen LogP contribution in [-0.2, 0) is 0 Å². The zero-order valence-electron chi connectivity index (χ0n) is 12.7. The van der Waals surface area contributed by atoms with Gasteiger partial charge in [-0.2, -0.15) is 0 Å². The summed E-state index contributed by atoms with van der Waals surface area (Å²) in [5, 5.41) is 3.37. The van der Waals surface area contributed by atoms with Gasteiger partial charge >= 0.3 is 6.36 Å². The van der Waals surface area contributed by atoms with Gasteiger partial charge in [0.15, 0.2) is 0 Å². The number of hydrogen-bond acceptors (Lipinski definition) is 3. The van der Waals surface area contributed by atoms with E-state index in [0.717, 1.165) is 31.5 Å². The zero-order chi connectivity index (χ0) is 15.9. The van der Waals surface area contributed by atoms with E-state index < -0.39 is 6.36 Å². The van der Waals surface area contributed by atoms with E-state index in [-0.39, 0.29) is 11.8 Å². The van der Waals surface area contributed by atoms with Crippen LogP contribution in [0.4, 0.5) is 13.2 Å². The molecule has 1 N–H and O–H groups in total. The molecule has 1 unspecified atom stereocenters. The molecule has 0 radical (unpaired) electrons. The Morgan fingerprint density at radius 1 is 1.29 bits per heavy atom. The molecular formula is C15H23F3N2O. The first kappa shape index (κ1) is 17.8. The molecule has 6 heteroatoms. The molecule has 1 atom stereocenters. The van der Waals surface area contributed by atoms with E-state index in [1.54, 1.807) is 6.07 Å². The van der Waals surface area contributed by atoms with Crippen molar-refractivity contribution < 1.29 is 17.9 Å². The van der Waals surface area contributed by atoms with E-state index in [9.17, 15) is 13.2 Å². The molecule has 0 aliphatic rings. The van der Waals surface area contributed by atoms with Crippen molar-refractivity contribution in [1.29, 1.82) is 0 Å². The highest BCUT2D eigenvalue weighted by Gasteiger charge is 2.31. The number of ether oxygens (including phenoxy) is 1. The summed E-state index contributed by atoms with van der Waals surface area (Å²) < 4.78 is 40.8. The lowest BCUT2D eigenvalue weighted by molar-refractivity contribution is -0.274. The second-order valence-electron chi connectivity index (χ2n) is 5.22. The van der Waals surface area contributed by atoms with Crippen molar-refractivity contribution in [2.24, 2.45) is 0 Å². The Labute approximate surface area is 124 Å². The van der Waals surface area contributed by atoms with Gasteiger partial charge < -0.3 is 15.0 Å². The minimum atomic E-state index is -4.66. The molecule has 0 fully saturated rings. The van der Waals surface area contributed by atoms with Crippen LogP contribution in [0.5, 0.6) is 5.75 Å². The number of rotatable bonds is 8. The third-order valence-electron chi connectivity index (χ3n) is 3.00. The highest BCUT2D eigenvalue weighted by Crippen LogP contribution is 2.26. The van der Waals surface area contributed by atoms with Crippen LogP contribution in [0.15, 0.2) is 24.3 Å². The number of nitrogens with one attached hydrogen (secondary N) is 1. The van der Waals surface area contributed by atoms with Crippen molar-refractivity contribution in [3.05, 3.63) is 29.8 Å². The van der Waals surface area contributed by atoms with Gasteiger partial charge in [0.1, 0.15) is 5.75 Å². The Hall–Kier alpha value is -1.27. The third kappa shape index (κ3) is 7.34. The minimum Gasteiger partial charge on any atom is -0.406 e. The molecule has 0 aliphatic heterocycles. The smallest absolute Gasteiger partial charge is 0.406 e. The molecule has 0 aromatic heterocycles. The fourth-order valence-corrected chi connectivity index (χ4v) is 2.02. The van der Waals surface area contributed by atoms with Crippen molar-refractivity contribution >= 4 is 0 Å². The number of hydrogen-bond donors (Lipinski definition) is 1. The van der Waals surface area contributed by atoms with Crippen LogP contribution in [0.2, 0.25) is 0 Å². The molecule has 0 saturated heterocycles. The summed E-state index contributed by atoms with van der Waals surface area (Å²) in [5.74, 6) is -0.173. The van der Waals surface area contributed by atoms with Gasteiger partial charge in [-0.3, -0.25) is 0 Å². The SMILES string of the molecule is CCCNC(CCN(C)C)c1cccc(OC(F)(F)F)c1. The van der Waals surface area contributed by atoms with Crippen molar-refractivity contribution in [1.82, 2.24) is 10.2 Å². The first-order valence-corrected chi connectivity index (χ1v) is 7.05. The fraction of sp³-hybridized carbons (Fsp3) is 0.600. The monoisotopic (exact) mass is 304 g/mol. The zero-order valence-corrected chi connectivity index (χ0v) is 12.7. The maximum absolute atomic E-state index is 12.3. The topological polar surface area (TPSA) is 24.5 Å². The lowest BCUT2D eigenvalue weighted by Crippen LogP contribution is -2.26. The Bertz CT molecular complexity index is 422.